The molecule has 0 radical (unpaired) electrons. The van der Waals surface area contributed by atoms with Gasteiger partial charge < -0.3 is 5.11 Å². The predicted molar refractivity (Wildman–Crippen MR) is 71.9 cm³/mol. The molecule has 0 spiro atoms. The van der Waals surface area contributed by atoms with Gasteiger partial charge in [0.15, 0.2) is 0 Å². The molecule has 0 heterocycles. The van der Waals surface area contributed by atoms with Crippen molar-refractivity contribution < 1.29 is 9.50 Å². The van der Waals surface area contributed by atoms with Crippen molar-refractivity contribution in [1.82, 2.24) is 0 Å². The first-order valence-corrected chi connectivity index (χ1v) is 7.12. The fourth-order valence-corrected chi connectivity index (χ4v) is 2.95. The molecule has 0 amide bonds. The van der Waals surface area contributed by atoms with Crippen molar-refractivity contribution in [1.29, 1.82) is 0 Å². The topological polar surface area (TPSA) is 20.2 Å². The predicted octanol–water partition coefficient (Wildman–Crippen LogP) is 4.53. The largest absolute Gasteiger partial charge is 0.388 e. The highest BCUT2D eigenvalue weighted by Crippen LogP contribution is 2.34. The lowest BCUT2D eigenvalue weighted by Gasteiger charge is -2.25. The molecule has 1 unspecified atom stereocenters. The van der Waals surface area contributed by atoms with Crippen LogP contribution in [-0.4, -0.2) is 5.11 Å². The second-order valence-corrected chi connectivity index (χ2v) is 5.58. The minimum Gasteiger partial charge on any atom is -0.388 e. The van der Waals surface area contributed by atoms with Crippen LogP contribution < -0.4 is 0 Å². The van der Waals surface area contributed by atoms with Crippen LogP contribution in [0.15, 0.2) is 18.2 Å². The fraction of sp³-hybridized carbons (Fsp3) is 0.625. The Bertz CT molecular complexity index is 381. The molecule has 0 saturated heterocycles. The van der Waals surface area contributed by atoms with Gasteiger partial charge in [0.2, 0.25) is 0 Å². The van der Waals surface area contributed by atoms with E-state index >= 15 is 0 Å². The van der Waals surface area contributed by atoms with Gasteiger partial charge in [0.1, 0.15) is 5.82 Å². The third-order valence-corrected chi connectivity index (χ3v) is 4.07. The Balaban J connectivity index is 2.12. The molecule has 0 bridgehead atoms. The molecule has 1 saturated carbocycles. The van der Waals surface area contributed by atoms with Gasteiger partial charge in [-0.3, -0.25) is 0 Å². The van der Waals surface area contributed by atoms with Gasteiger partial charge in [0, 0.05) is 5.56 Å². The number of halogens is 1. The van der Waals surface area contributed by atoms with Crippen molar-refractivity contribution >= 4 is 0 Å². The van der Waals surface area contributed by atoms with E-state index in [-0.39, 0.29) is 11.7 Å². The number of aryl methyl sites for hydroxylation is 1. The minimum atomic E-state index is -0.636. The molecule has 1 nitrogen and oxygen atoms in total. The normalized spacial score (nSPS) is 20.2. The van der Waals surface area contributed by atoms with Crippen LogP contribution in [0.4, 0.5) is 4.39 Å². The molecule has 0 aromatic heterocycles. The lowest BCUT2D eigenvalue weighted by molar-refractivity contribution is 0.0879. The summed E-state index contributed by atoms with van der Waals surface area (Å²) in [5.41, 5.74) is 1.50. The summed E-state index contributed by atoms with van der Waals surface area (Å²) >= 11 is 0. The van der Waals surface area contributed by atoms with E-state index in [1.54, 1.807) is 12.1 Å². The molecule has 100 valence electrons. The minimum absolute atomic E-state index is 0.224. The lowest BCUT2D eigenvalue weighted by Crippen LogP contribution is -2.15. The number of hydrogen-bond acceptors (Lipinski definition) is 1. The summed E-state index contributed by atoms with van der Waals surface area (Å²) in [7, 11) is 0. The quantitative estimate of drug-likeness (QED) is 0.817. The summed E-state index contributed by atoms with van der Waals surface area (Å²) in [6.45, 7) is 1.94. The first-order chi connectivity index (χ1) is 8.68. The van der Waals surface area contributed by atoms with Gasteiger partial charge in [-0.05, 0) is 31.7 Å². The van der Waals surface area contributed by atoms with Gasteiger partial charge in [-0.1, -0.05) is 49.8 Å². The van der Waals surface area contributed by atoms with Crippen molar-refractivity contribution in [3.63, 3.8) is 0 Å². The Hall–Kier alpha value is -0.890. The Morgan fingerprint density at radius 1 is 1.11 bits per heavy atom. The summed E-state index contributed by atoms with van der Waals surface area (Å²) in [5.74, 6) is -0.0447. The molecular weight excluding hydrogens is 227 g/mol. The van der Waals surface area contributed by atoms with E-state index in [2.05, 4.69) is 0 Å². The van der Waals surface area contributed by atoms with Crippen LogP contribution in [0.1, 0.15) is 62.2 Å². The van der Waals surface area contributed by atoms with E-state index in [0.29, 0.717) is 5.56 Å². The van der Waals surface area contributed by atoms with Gasteiger partial charge in [-0.15, -0.1) is 0 Å². The Labute approximate surface area is 109 Å². The van der Waals surface area contributed by atoms with E-state index in [4.69, 9.17) is 0 Å². The average Bonchev–Trinajstić information content (AvgIpc) is 2.31. The van der Waals surface area contributed by atoms with E-state index in [1.807, 2.05) is 6.92 Å². The highest BCUT2D eigenvalue weighted by Gasteiger charge is 2.23. The highest BCUT2D eigenvalue weighted by atomic mass is 19.1. The van der Waals surface area contributed by atoms with Crippen LogP contribution in [0.3, 0.4) is 0 Å². The number of benzene rings is 1. The van der Waals surface area contributed by atoms with Crippen LogP contribution in [0, 0.1) is 18.7 Å². The maximum atomic E-state index is 13.8. The number of rotatable bonds is 2. The molecule has 0 aliphatic heterocycles. The maximum absolute atomic E-state index is 13.8. The van der Waals surface area contributed by atoms with Gasteiger partial charge in [0.25, 0.3) is 0 Å². The lowest BCUT2D eigenvalue weighted by atomic mass is 9.84. The van der Waals surface area contributed by atoms with Crippen molar-refractivity contribution in [2.45, 2.75) is 58.0 Å². The number of aliphatic hydroxyl groups is 1. The third kappa shape index (κ3) is 3.32. The maximum Gasteiger partial charge on any atom is 0.129 e. The SMILES string of the molecule is Cc1ccc(F)c(C(O)C2CCCCCCC2)c1. The Kier molecular flexibility index (Phi) is 4.76. The van der Waals surface area contributed by atoms with Crippen LogP contribution in [0.2, 0.25) is 0 Å². The zero-order valence-corrected chi connectivity index (χ0v) is 11.2. The highest BCUT2D eigenvalue weighted by molar-refractivity contribution is 5.26. The first-order valence-electron chi connectivity index (χ1n) is 7.12. The molecule has 1 fully saturated rings. The van der Waals surface area contributed by atoms with Gasteiger partial charge >= 0.3 is 0 Å². The number of hydrogen-bond donors (Lipinski definition) is 1. The summed E-state index contributed by atoms with van der Waals surface area (Å²) in [6.07, 6.45) is 7.54. The Morgan fingerprint density at radius 2 is 1.72 bits per heavy atom. The second kappa shape index (κ2) is 6.33. The molecule has 2 rings (SSSR count). The smallest absolute Gasteiger partial charge is 0.129 e. The molecule has 1 N–H and O–H groups in total. The zero-order chi connectivity index (χ0) is 13.0. The summed E-state index contributed by atoms with van der Waals surface area (Å²) in [6, 6.07) is 5.01. The first kappa shape index (κ1) is 13.5. The van der Waals surface area contributed by atoms with Gasteiger partial charge in [0.05, 0.1) is 6.10 Å². The van der Waals surface area contributed by atoms with Crippen LogP contribution in [0.25, 0.3) is 0 Å². The molecule has 1 aromatic carbocycles. The molecule has 18 heavy (non-hydrogen) atoms. The Morgan fingerprint density at radius 3 is 2.39 bits per heavy atom. The van der Waals surface area contributed by atoms with Crippen molar-refractivity contribution in [2.75, 3.05) is 0 Å². The monoisotopic (exact) mass is 250 g/mol. The van der Waals surface area contributed by atoms with E-state index in [1.165, 1.54) is 25.3 Å². The average molecular weight is 250 g/mol. The molecule has 2 heteroatoms. The van der Waals surface area contributed by atoms with Crippen molar-refractivity contribution in [3.05, 3.63) is 35.1 Å². The molecular formula is C16H23FO. The summed E-state index contributed by atoms with van der Waals surface area (Å²) < 4.78 is 13.8. The third-order valence-electron chi connectivity index (χ3n) is 4.07. The van der Waals surface area contributed by atoms with Crippen LogP contribution >= 0.6 is 0 Å². The van der Waals surface area contributed by atoms with E-state index in [0.717, 1.165) is 31.2 Å². The summed E-state index contributed by atoms with van der Waals surface area (Å²) in [4.78, 5) is 0. The van der Waals surface area contributed by atoms with Gasteiger partial charge in [-0.25, -0.2) is 4.39 Å². The van der Waals surface area contributed by atoms with Gasteiger partial charge in [-0.2, -0.15) is 0 Å². The van der Waals surface area contributed by atoms with Crippen LogP contribution in [0.5, 0.6) is 0 Å². The fourth-order valence-electron chi connectivity index (χ4n) is 2.95. The molecule has 1 atom stereocenters. The van der Waals surface area contributed by atoms with Crippen molar-refractivity contribution in [3.8, 4) is 0 Å². The summed E-state index contributed by atoms with van der Waals surface area (Å²) in [5, 5.41) is 10.4. The van der Waals surface area contributed by atoms with E-state index < -0.39 is 6.10 Å². The second-order valence-electron chi connectivity index (χ2n) is 5.58. The molecule has 1 aliphatic carbocycles. The van der Waals surface area contributed by atoms with Crippen LogP contribution in [-0.2, 0) is 0 Å². The standard InChI is InChI=1S/C16H23FO/c1-12-9-10-15(17)14(11-12)16(18)13-7-5-3-2-4-6-8-13/h9-11,13,16,18H,2-8H2,1H3. The van der Waals surface area contributed by atoms with E-state index in [9.17, 15) is 9.50 Å². The molecule has 1 aliphatic rings. The molecule has 1 aromatic rings. The zero-order valence-electron chi connectivity index (χ0n) is 11.2. The number of aliphatic hydroxyl groups excluding tert-OH is 1. The van der Waals surface area contributed by atoms with Crippen molar-refractivity contribution in [2.24, 2.45) is 5.92 Å².